The van der Waals surface area contributed by atoms with E-state index < -0.39 is 11.9 Å². The summed E-state index contributed by atoms with van der Waals surface area (Å²) in [6, 6.07) is -0.330. The molecule has 0 aliphatic heterocycles. The van der Waals surface area contributed by atoms with E-state index in [-0.39, 0.29) is 17.6 Å². The number of aryl methyl sites for hydroxylation is 1. The van der Waals surface area contributed by atoms with Gasteiger partial charge in [-0.2, -0.15) is 0 Å². The van der Waals surface area contributed by atoms with Crippen molar-refractivity contribution in [2.45, 2.75) is 45.1 Å². The third-order valence-electron chi connectivity index (χ3n) is 3.61. The Morgan fingerprint density at radius 1 is 1.37 bits per heavy atom. The van der Waals surface area contributed by atoms with Crippen molar-refractivity contribution < 1.29 is 19.1 Å². The second kappa shape index (κ2) is 5.86. The van der Waals surface area contributed by atoms with Crippen LogP contribution in [0.1, 0.15) is 48.4 Å². The summed E-state index contributed by atoms with van der Waals surface area (Å²) in [5.41, 5.74) is 0.230. The number of nitrogens with one attached hydrogen (secondary N) is 1. The monoisotopic (exact) mass is 266 g/mol. The molecule has 0 saturated heterocycles. The van der Waals surface area contributed by atoms with Gasteiger partial charge in [0.05, 0.1) is 5.92 Å². The van der Waals surface area contributed by atoms with Crippen molar-refractivity contribution in [1.29, 1.82) is 0 Å². The van der Waals surface area contributed by atoms with E-state index in [1.165, 1.54) is 6.39 Å². The molecular weight excluding hydrogens is 248 g/mol. The molecule has 1 aromatic rings. The minimum absolute atomic E-state index is 0.230. The van der Waals surface area contributed by atoms with Crippen LogP contribution in [0.4, 0.5) is 0 Å². The van der Waals surface area contributed by atoms with Gasteiger partial charge in [0.25, 0.3) is 5.91 Å². The van der Waals surface area contributed by atoms with E-state index in [0.29, 0.717) is 18.6 Å². The van der Waals surface area contributed by atoms with Crippen molar-refractivity contribution in [3.05, 3.63) is 17.8 Å². The largest absolute Gasteiger partial charge is 0.481 e. The average Bonchev–Trinajstić information content (AvgIpc) is 2.65. The first kappa shape index (κ1) is 13.6. The summed E-state index contributed by atoms with van der Waals surface area (Å²) in [7, 11) is 0. The summed E-state index contributed by atoms with van der Waals surface area (Å²) in [4.78, 5) is 27.2. The quantitative estimate of drug-likeness (QED) is 0.813. The Labute approximate surface area is 111 Å². The Bertz CT molecular complexity index is 469. The Hall–Kier alpha value is -1.85. The van der Waals surface area contributed by atoms with E-state index >= 15 is 0 Å². The van der Waals surface area contributed by atoms with Crippen LogP contribution in [-0.2, 0) is 4.79 Å². The second-order valence-electron chi connectivity index (χ2n) is 4.92. The first-order chi connectivity index (χ1) is 9.09. The summed E-state index contributed by atoms with van der Waals surface area (Å²) in [5.74, 6) is -1.27. The number of amides is 1. The third-order valence-corrected chi connectivity index (χ3v) is 3.61. The van der Waals surface area contributed by atoms with Crippen LogP contribution >= 0.6 is 0 Å². The van der Waals surface area contributed by atoms with Gasteiger partial charge in [-0.15, -0.1) is 0 Å². The van der Waals surface area contributed by atoms with Gasteiger partial charge in [-0.05, 0) is 19.8 Å². The molecule has 2 atom stereocenters. The minimum atomic E-state index is -0.843. The fourth-order valence-electron chi connectivity index (χ4n) is 2.54. The molecule has 2 unspecified atom stereocenters. The number of oxazole rings is 1. The summed E-state index contributed by atoms with van der Waals surface area (Å²) >= 11 is 0. The number of carboxylic acid groups (broad SMARTS) is 1. The molecular formula is C13H18N2O4. The number of hydrogen-bond acceptors (Lipinski definition) is 4. The van der Waals surface area contributed by atoms with E-state index in [1.54, 1.807) is 6.92 Å². The number of carbonyl (C=O) groups excluding carboxylic acids is 1. The topological polar surface area (TPSA) is 92.4 Å². The number of carbonyl (C=O) groups is 2. The molecule has 6 heteroatoms. The number of carboxylic acids is 1. The van der Waals surface area contributed by atoms with Crippen LogP contribution in [0.15, 0.2) is 10.8 Å². The van der Waals surface area contributed by atoms with Crippen LogP contribution in [0.25, 0.3) is 0 Å². The molecule has 0 aromatic carbocycles. The lowest BCUT2D eigenvalue weighted by molar-refractivity contribution is -0.142. The Kier molecular flexibility index (Phi) is 4.19. The van der Waals surface area contributed by atoms with Gasteiger partial charge in [-0.25, -0.2) is 4.98 Å². The third kappa shape index (κ3) is 3.13. The molecule has 1 saturated carbocycles. The van der Waals surface area contributed by atoms with Crippen LogP contribution < -0.4 is 5.32 Å². The van der Waals surface area contributed by atoms with Gasteiger partial charge in [0.2, 0.25) is 0 Å². The molecule has 104 valence electrons. The number of rotatable bonds is 3. The highest BCUT2D eigenvalue weighted by molar-refractivity contribution is 5.93. The summed E-state index contributed by atoms with van der Waals surface area (Å²) in [6.45, 7) is 1.66. The maximum absolute atomic E-state index is 12.0. The lowest BCUT2D eigenvalue weighted by Gasteiger charge is -2.22. The van der Waals surface area contributed by atoms with Gasteiger partial charge in [0.1, 0.15) is 5.76 Å². The standard InChI is InChI=1S/C13H18N2O4/c1-8-11(14-7-19-8)12(16)15-10-6-4-2-3-5-9(10)13(17)18/h7,9-10H,2-6H2,1H3,(H,15,16)(H,17,18). The van der Waals surface area contributed by atoms with Gasteiger partial charge in [-0.3, -0.25) is 9.59 Å². The Morgan fingerprint density at radius 2 is 2.11 bits per heavy atom. The molecule has 2 rings (SSSR count). The molecule has 0 radical (unpaired) electrons. The maximum atomic E-state index is 12.0. The summed E-state index contributed by atoms with van der Waals surface area (Å²) in [5, 5.41) is 12.0. The van der Waals surface area contributed by atoms with Crippen LogP contribution in [0, 0.1) is 12.8 Å². The van der Waals surface area contributed by atoms with Gasteiger partial charge in [0, 0.05) is 6.04 Å². The molecule has 0 bridgehead atoms. The molecule has 19 heavy (non-hydrogen) atoms. The normalized spacial score (nSPS) is 23.6. The van der Waals surface area contributed by atoms with Crippen molar-refractivity contribution >= 4 is 11.9 Å². The average molecular weight is 266 g/mol. The van der Waals surface area contributed by atoms with Crippen LogP contribution in [0.3, 0.4) is 0 Å². The number of aromatic nitrogens is 1. The predicted octanol–water partition coefficient (Wildman–Crippen LogP) is 1.75. The Morgan fingerprint density at radius 3 is 2.74 bits per heavy atom. The highest BCUT2D eigenvalue weighted by Gasteiger charge is 2.31. The van der Waals surface area contributed by atoms with Crippen LogP contribution in [-0.4, -0.2) is 28.0 Å². The second-order valence-corrected chi connectivity index (χ2v) is 4.92. The van der Waals surface area contributed by atoms with E-state index in [1.807, 2.05) is 0 Å². The molecule has 0 spiro atoms. The highest BCUT2D eigenvalue weighted by Crippen LogP contribution is 2.24. The van der Waals surface area contributed by atoms with E-state index in [2.05, 4.69) is 10.3 Å². The number of nitrogens with zero attached hydrogens (tertiary/aromatic N) is 1. The summed E-state index contributed by atoms with van der Waals surface area (Å²) in [6.07, 6.45) is 5.36. The van der Waals surface area contributed by atoms with Crippen molar-refractivity contribution in [2.24, 2.45) is 5.92 Å². The number of aliphatic carboxylic acids is 1. The molecule has 1 amide bonds. The first-order valence-electron chi connectivity index (χ1n) is 6.53. The fraction of sp³-hybridized carbons (Fsp3) is 0.615. The molecule has 1 aliphatic carbocycles. The van der Waals surface area contributed by atoms with Crippen molar-refractivity contribution in [1.82, 2.24) is 10.3 Å². The van der Waals surface area contributed by atoms with E-state index in [4.69, 9.17) is 4.42 Å². The number of hydrogen-bond donors (Lipinski definition) is 2. The minimum Gasteiger partial charge on any atom is -0.481 e. The Balaban J connectivity index is 2.08. The zero-order valence-corrected chi connectivity index (χ0v) is 10.9. The lowest BCUT2D eigenvalue weighted by atomic mass is 9.95. The van der Waals surface area contributed by atoms with E-state index in [9.17, 15) is 14.7 Å². The van der Waals surface area contributed by atoms with Crippen molar-refractivity contribution in [3.8, 4) is 0 Å². The van der Waals surface area contributed by atoms with Gasteiger partial charge in [-0.1, -0.05) is 19.3 Å². The molecule has 1 fully saturated rings. The maximum Gasteiger partial charge on any atom is 0.308 e. The molecule has 1 aromatic heterocycles. The molecule has 6 nitrogen and oxygen atoms in total. The lowest BCUT2D eigenvalue weighted by Crippen LogP contribution is -2.43. The van der Waals surface area contributed by atoms with Crippen LogP contribution in [0.2, 0.25) is 0 Å². The van der Waals surface area contributed by atoms with Gasteiger partial charge in [0.15, 0.2) is 12.1 Å². The predicted molar refractivity (Wildman–Crippen MR) is 66.7 cm³/mol. The smallest absolute Gasteiger partial charge is 0.308 e. The van der Waals surface area contributed by atoms with Crippen molar-refractivity contribution in [3.63, 3.8) is 0 Å². The van der Waals surface area contributed by atoms with Gasteiger partial charge >= 0.3 is 5.97 Å². The fourth-order valence-corrected chi connectivity index (χ4v) is 2.54. The molecule has 1 heterocycles. The van der Waals surface area contributed by atoms with E-state index in [0.717, 1.165) is 19.3 Å². The zero-order valence-electron chi connectivity index (χ0n) is 10.9. The van der Waals surface area contributed by atoms with Crippen molar-refractivity contribution in [2.75, 3.05) is 0 Å². The molecule has 2 N–H and O–H groups in total. The first-order valence-corrected chi connectivity index (χ1v) is 6.53. The van der Waals surface area contributed by atoms with Crippen LogP contribution in [0.5, 0.6) is 0 Å². The SMILES string of the molecule is Cc1ocnc1C(=O)NC1CCCCCC1C(=O)O. The molecule has 1 aliphatic rings. The zero-order chi connectivity index (χ0) is 13.8. The highest BCUT2D eigenvalue weighted by atomic mass is 16.4. The summed E-state index contributed by atoms with van der Waals surface area (Å²) < 4.78 is 4.99. The van der Waals surface area contributed by atoms with Gasteiger partial charge < -0.3 is 14.8 Å².